The van der Waals surface area contributed by atoms with Crippen LogP contribution in [0.4, 0.5) is 0 Å². The molecule has 0 aliphatic carbocycles. The largest absolute Gasteiger partial charge is 0.486 e. The van der Waals surface area contributed by atoms with Crippen molar-refractivity contribution in [3.63, 3.8) is 0 Å². The summed E-state index contributed by atoms with van der Waals surface area (Å²) in [5.41, 5.74) is 2.07. The predicted octanol–water partition coefficient (Wildman–Crippen LogP) is 3.13. The summed E-state index contributed by atoms with van der Waals surface area (Å²) in [6, 6.07) is 17.8. The molecule has 23 heavy (non-hydrogen) atoms. The summed E-state index contributed by atoms with van der Waals surface area (Å²) in [6.07, 6.45) is 1.15. The van der Waals surface area contributed by atoms with Crippen LogP contribution >= 0.6 is 0 Å². The van der Waals surface area contributed by atoms with E-state index in [4.69, 9.17) is 4.74 Å². The molecule has 0 fully saturated rings. The Morgan fingerprint density at radius 1 is 1.09 bits per heavy atom. The Balaban J connectivity index is 2.05. The molecule has 2 rings (SSSR count). The molecule has 4 nitrogen and oxygen atoms in total. The fourth-order valence-electron chi connectivity index (χ4n) is 2.33. The van der Waals surface area contributed by atoms with Crippen LogP contribution in [0.5, 0.6) is 5.75 Å². The van der Waals surface area contributed by atoms with Gasteiger partial charge in [0.05, 0.1) is 13.5 Å². The molecule has 4 heteroatoms. The number of carbonyl (C=O) groups excluding carboxylic acids is 1. The van der Waals surface area contributed by atoms with Gasteiger partial charge in [0.15, 0.2) is 0 Å². The molecule has 0 aromatic heterocycles. The van der Waals surface area contributed by atoms with Crippen LogP contribution in [0.3, 0.4) is 0 Å². The first-order valence-electron chi connectivity index (χ1n) is 7.75. The molecular weight excluding hydrogens is 290 g/mol. The van der Waals surface area contributed by atoms with Crippen molar-refractivity contribution in [3.05, 3.63) is 65.7 Å². The number of benzene rings is 2. The standard InChI is InChI=1S/C19H23NO3/c1-20-13-12-18(16-6-4-3-5-7-16)23-17-10-8-15(9-11-17)14-19(21)22-2/h3-11,18,20H,12-14H2,1-2H3. The van der Waals surface area contributed by atoms with Crippen molar-refractivity contribution in [2.45, 2.75) is 18.9 Å². The maximum Gasteiger partial charge on any atom is 0.309 e. The number of carbonyl (C=O) groups is 1. The van der Waals surface area contributed by atoms with Crippen molar-refractivity contribution in [1.82, 2.24) is 5.32 Å². The Labute approximate surface area is 137 Å². The minimum absolute atomic E-state index is 0.00453. The SMILES string of the molecule is CNCCC(Oc1ccc(CC(=O)OC)cc1)c1ccccc1. The van der Waals surface area contributed by atoms with Crippen LogP contribution in [-0.4, -0.2) is 26.7 Å². The van der Waals surface area contributed by atoms with Gasteiger partial charge in [0.1, 0.15) is 11.9 Å². The molecule has 0 aliphatic heterocycles. The lowest BCUT2D eigenvalue weighted by Gasteiger charge is -2.20. The zero-order valence-electron chi connectivity index (χ0n) is 13.6. The smallest absolute Gasteiger partial charge is 0.309 e. The minimum atomic E-state index is -0.241. The van der Waals surface area contributed by atoms with Gasteiger partial charge >= 0.3 is 5.97 Å². The highest BCUT2D eigenvalue weighted by Crippen LogP contribution is 2.25. The highest BCUT2D eigenvalue weighted by atomic mass is 16.5. The lowest BCUT2D eigenvalue weighted by Crippen LogP contribution is -2.16. The van der Waals surface area contributed by atoms with Gasteiger partial charge in [-0.25, -0.2) is 0 Å². The maximum atomic E-state index is 11.3. The molecule has 1 N–H and O–H groups in total. The van der Waals surface area contributed by atoms with Crippen LogP contribution in [0.25, 0.3) is 0 Å². The summed E-state index contributed by atoms with van der Waals surface area (Å²) in [6.45, 7) is 0.875. The molecule has 0 heterocycles. The summed E-state index contributed by atoms with van der Waals surface area (Å²) < 4.78 is 10.8. The van der Waals surface area contributed by atoms with Crippen molar-refractivity contribution in [2.24, 2.45) is 0 Å². The maximum absolute atomic E-state index is 11.3. The summed E-state index contributed by atoms with van der Waals surface area (Å²) in [5, 5.41) is 3.16. The third-order valence-corrected chi connectivity index (χ3v) is 3.61. The van der Waals surface area contributed by atoms with Crippen molar-refractivity contribution in [3.8, 4) is 5.75 Å². The summed E-state index contributed by atoms with van der Waals surface area (Å²) >= 11 is 0. The molecule has 1 atom stereocenters. The number of ether oxygens (including phenoxy) is 2. The van der Waals surface area contributed by atoms with Crippen LogP contribution in [0.1, 0.15) is 23.7 Å². The first-order valence-corrected chi connectivity index (χ1v) is 7.75. The van der Waals surface area contributed by atoms with Gasteiger partial charge in [-0.1, -0.05) is 42.5 Å². The Morgan fingerprint density at radius 3 is 2.39 bits per heavy atom. The Morgan fingerprint density at radius 2 is 1.78 bits per heavy atom. The molecule has 2 aromatic rings. The Kier molecular flexibility index (Phi) is 6.63. The van der Waals surface area contributed by atoms with Gasteiger partial charge in [-0.2, -0.15) is 0 Å². The summed E-state index contributed by atoms with van der Waals surface area (Å²) in [5.74, 6) is 0.554. The highest BCUT2D eigenvalue weighted by Gasteiger charge is 2.13. The van der Waals surface area contributed by atoms with E-state index in [-0.39, 0.29) is 18.5 Å². The van der Waals surface area contributed by atoms with E-state index in [9.17, 15) is 4.79 Å². The lowest BCUT2D eigenvalue weighted by atomic mass is 10.1. The third kappa shape index (κ3) is 5.42. The quantitative estimate of drug-likeness (QED) is 0.761. The van der Waals surface area contributed by atoms with Gasteiger partial charge in [0.2, 0.25) is 0 Å². The average Bonchev–Trinajstić information content (AvgIpc) is 2.60. The van der Waals surface area contributed by atoms with Crippen LogP contribution < -0.4 is 10.1 Å². The van der Waals surface area contributed by atoms with E-state index in [1.165, 1.54) is 7.11 Å². The van der Waals surface area contributed by atoms with Gasteiger partial charge in [0.25, 0.3) is 0 Å². The van der Waals surface area contributed by atoms with Gasteiger partial charge in [-0.15, -0.1) is 0 Å². The van der Waals surface area contributed by atoms with Gasteiger partial charge in [0, 0.05) is 6.42 Å². The van der Waals surface area contributed by atoms with Crippen molar-refractivity contribution >= 4 is 5.97 Å². The normalized spacial score (nSPS) is 11.7. The second-order valence-corrected chi connectivity index (χ2v) is 5.31. The second kappa shape index (κ2) is 8.96. The first kappa shape index (κ1) is 17.0. The Bertz CT molecular complexity index is 596. The molecule has 0 spiro atoms. The molecule has 0 radical (unpaired) electrons. The van der Waals surface area contributed by atoms with E-state index < -0.39 is 0 Å². The topological polar surface area (TPSA) is 47.6 Å². The van der Waals surface area contributed by atoms with E-state index in [1.54, 1.807) is 0 Å². The van der Waals surface area contributed by atoms with Gasteiger partial charge in [-0.3, -0.25) is 4.79 Å². The number of nitrogens with one attached hydrogen (secondary N) is 1. The van der Waals surface area contributed by atoms with E-state index >= 15 is 0 Å². The predicted molar refractivity (Wildman–Crippen MR) is 90.5 cm³/mol. The van der Waals surface area contributed by atoms with Crippen LogP contribution in [0.2, 0.25) is 0 Å². The molecule has 1 unspecified atom stereocenters. The number of rotatable bonds is 8. The van der Waals surface area contributed by atoms with E-state index in [0.717, 1.165) is 29.8 Å². The van der Waals surface area contributed by atoms with E-state index in [2.05, 4.69) is 22.2 Å². The molecule has 0 saturated heterocycles. The Hall–Kier alpha value is -2.33. The zero-order chi connectivity index (χ0) is 16.5. The molecule has 0 aliphatic rings. The number of methoxy groups -OCH3 is 1. The summed E-state index contributed by atoms with van der Waals surface area (Å²) in [7, 11) is 3.33. The van der Waals surface area contributed by atoms with Crippen molar-refractivity contribution in [2.75, 3.05) is 20.7 Å². The lowest BCUT2D eigenvalue weighted by molar-refractivity contribution is -0.139. The molecule has 0 bridgehead atoms. The van der Waals surface area contributed by atoms with Crippen LogP contribution in [0.15, 0.2) is 54.6 Å². The highest BCUT2D eigenvalue weighted by molar-refractivity contribution is 5.72. The van der Waals surface area contributed by atoms with Crippen LogP contribution in [-0.2, 0) is 16.0 Å². The average molecular weight is 313 g/mol. The monoisotopic (exact) mass is 313 g/mol. The fourth-order valence-corrected chi connectivity index (χ4v) is 2.33. The van der Waals surface area contributed by atoms with Crippen LogP contribution in [0, 0.1) is 0 Å². The molecule has 122 valence electrons. The first-order chi connectivity index (χ1) is 11.2. The van der Waals surface area contributed by atoms with E-state index in [0.29, 0.717) is 0 Å². The molecular formula is C19H23NO3. The number of hydrogen-bond donors (Lipinski definition) is 1. The minimum Gasteiger partial charge on any atom is -0.486 e. The van der Waals surface area contributed by atoms with E-state index in [1.807, 2.05) is 49.5 Å². The summed E-state index contributed by atoms with van der Waals surface area (Å²) in [4.78, 5) is 11.3. The number of esters is 1. The van der Waals surface area contributed by atoms with Crippen molar-refractivity contribution < 1.29 is 14.3 Å². The van der Waals surface area contributed by atoms with Gasteiger partial charge < -0.3 is 14.8 Å². The van der Waals surface area contributed by atoms with Gasteiger partial charge in [-0.05, 0) is 36.9 Å². The fraction of sp³-hybridized carbons (Fsp3) is 0.316. The molecule has 0 amide bonds. The molecule has 2 aromatic carbocycles. The third-order valence-electron chi connectivity index (χ3n) is 3.61. The zero-order valence-corrected chi connectivity index (χ0v) is 13.6. The number of hydrogen-bond acceptors (Lipinski definition) is 4. The second-order valence-electron chi connectivity index (χ2n) is 5.31. The molecule has 0 saturated carbocycles. The van der Waals surface area contributed by atoms with Crippen molar-refractivity contribution in [1.29, 1.82) is 0 Å².